The first-order valence-corrected chi connectivity index (χ1v) is 9.52. The average molecular weight is 315 g/mol. The van der Waals surface area contributed by atoms with Gasteiger partial charge in [0.25, 0.3) is 0 Å². The van der Waals surface area contributed by atoms with Gasteiger partial charge in [0, 0.05) is 5.41 Å². The van der Waals surface area contributed by atoms with Gasteiger partial charge in [-0.1, -0.05) is 45.9 Å². The maximum atomic E-state index is 11.0. The Morgan fingerprint density at radius 1 is 1.26 bits per heavy atom. The van der Waals surface area contributed by atoms with Crippen molar-refractivity contribution < 1.29 is 4.79 Å². The molecule has 0 aromatic heterocycles. The van der Waals surface area contributed by atoms with Crippen molar-refractivity contribution in [2.24, 2.45) is 27.6 Å². The summed E-state index contributed by atoms with van der Waals surface area (Å²) in [6, 6.07) is 0. The fourth-order valence-electron chi connectivity index (χ4n) is 7.21. The first-order chi connectivity index (χ1) is 10.7. The first-order valence-electron chi connectivity index (χ1n) is 9.52. The summed E-state index contributed by atoms with van der Waals surface area (Å²) in [5.74, 6) is 1.01. The molecule has 3 rings (SSSR count). The van der Waals surface area contributed by atoms with Crippen molar-refractivity contribution in [1.82, 2.24) is 0 Å². The minimum atomic E-state index is 0.166. The number of rotatable bonds is 5. The molecule has 1 nitrogen and oxygen atoms in total. The molecule has 0 N–H and O–H groups in total. The van der Waals surface area contributed by atoms with Crippen molar-refractivity contribution in [3.63, 3.8) is 0 Å². The molecule has 3 aliphatic rings. The molecule has 0 unspecified atom stereocenters. The Morgan fingerprint density at radius 3 is 2.70 bits per heavy atom. The van der Waals surface area contributed by atoms with Gasteiger partial charge in [0.15, 0.2) is 5.78 Å². The van der Waals surface area contributed by atoms with E-state index in [1.807, 2.05) is 0 Å². The Kier molecular flexibility index (Phi) is 3.93. The Bertz CT molecular complexity index is 554. The lowest BCUT2D eigenvalue weighted by atomic mass is 9.54. The summed E-state index contributed by atoms with van der Waals surface area (Å²) in [5, 5.41) is 0. The predicted molar refractivity (Wildman–Crippen MR) is 97.2 cm³/mol. The van der Waals surface area contributed by atoms with Gasteiger partial charge in [-0.3, -0.25) is 4.79 Å². The molecule has 0 bridgehead atoms. The van der Waals surface area contributed by atoms with Crippen molar-refractivity contribution in [2.75, 3.05) is 0 Å². The molecule has 2 saturated carbocycles. The average Bonchev–Trinajstić information content (AvgIpc) is 2.95. The SMILES string of the molecule is CC(=O)/C=C/CCC[C@@]1(C)CC[C@@H]2C(C)(C)C[C@@]3(C)CC=C[C@]213. The topological polar surface area (TPSA) is 17.1 Å². The van der Waals surface area contributed by atoms with Crippen LogP contribution in [0.1, 0.15) is 79.6 Å². The minimum Gasteiger partial charge on any atom is -0.295 e. The van der Waals surface area contributed by atoms with Crippen molar-refractivity contribution in [1.29, 1.82) is 0 Å². The number of hydrogen-bond acceptors (Lipinski definition) is 1. The second-order valence-electron chi connectivity index (χ2n) is 9.76. The highest BCUT2D eigenvalue weighted by molar-refractivity contribution is 5.87. The summed E-state index contributed by atoms with van der Waals surface area (Å²) in [6.07, 6.45) is 17.9. The number of allylic oxidation sites excluding steroid dienone is 4. The van der Waals surface area contributed by atoms with Crippen LogP contribution in [0, 0.1) is 27.6 Å². The molecule has 0 amide bonds. The van der Waals surface area contributed by atoms with Crippen LogP contribution in [0.5, 0.6) is 0 Å². The molecule has 0 saturated heterocycles. The van der Waals surface area contributed by atoms with Gasteiger partial charge in [-0.05, 0) is 80.1 Å². The smallest absolute Gasteiger partial charge is 0.152 e. The van der Waals surface area contributed by atoms with E-state index in [-0.39, 0.29) is 5.78 Å². The lowest BCUT2D eigenvalue weighted by Gasteiger charge is -2.50. The van der Waals surface area contributed by atoms with Crippen molar-refractivity contribution >= 4 is 5.78 Å². The molecule has 4 atom stereocenters. The quantitative estimate of drug-likeness (QED) is 0.340. The minimum absolute atomic E-state index is 0.166. The van der Waals surface area contributed by atoms with Gasteiger partial charge in [-0.25, -0.2) is 0 Å². The van der Waals surface area contributed by atoms with E-state index in [1.54, 1.807) is 13.0 Å². The van der Waals surface area contributed by atoms with Crippen molar-refractivity contribution in [2.45, 2.75) is 79.6 Å². The lowest BCUT2D eigenvalue weighted by Crippen LogP contribution is -2.44. The summed E-state index contributed by atoms with van der Waals surface area (Å²) in [7, 11) is 0. The second kappa shape index (κ2) is 5.33. The fourth-order valence-corrected chi connectivity index (χ4v) is 7.21. The zero-order chi connectivity index (χ0) is 16.9. The molecule has 0 aromatic rings. The van der Waals surface area contributed by atoms with E-state index in [0.29, 0.717) is 21.7 Å². The molecule has 2 fully saturated rings. The Balaban J connectivity index is 1.81. The van der Waals surface area contributed by atoms with E-state index in [1.165, 1.54) is 38.5 Å². The number of carbonyl (C=O) groups is 1. The van der Waals surface area contributed by atoms with Crippen LogP contribution in [0.15, 0.2) is 24.3 Å². The van der Waals surface area contributed by atoms with Crippen molar-refractivity contribution in [3.05, 3.63) is 24.3 Å². The van der Waals surface area contributed by atoms with Crippen LogP contribution in [0.3, 0.4) is 0 Å². The lowest BCUT2D eigenvalue weighted by molar-refractivity contribution is -0.112. The maximum Gasteiger partial charge on any atom is 0.152 e. The highest BCUT2D eigenvalue weighted by atomic mass is 16.1. The zero-order valence-electron chi connectivity index (χ0n) is 15.7. The van der Waals surface area contributed by atoms with Crippen LogP contribution in [-0.4, -0.2) is 5.78 Å². The normalized spacial score (nSPS) is 44.0. The third-order valence-corrected chi connectivity index (χ3v) is 7.72. The van der Waals surface area contributed by atoms with E-state index in [2.05, 4.69) is 45.9 Å². The fraction of sp³-hybridized carbons (Fsp3) is 0.773. The molecule has 23 heavy (non-hydrogen) atoms. The molecule has 0 heterocycles. The standard InChI is InChI=1S/C22H34O/c1-17(23)10-7-6-8-12-20(4)15-11-18-19(2,3)16-21(5)13-9-14-22(18,20)21/h7,9-10,14,18H,6,8,11-13,15-16H2,1-5H3/b10-7+/t18-,20+,21-,22+/m1/s1. The Labute approximate surface area is 142 Å². The van der Waals surface area contributed by atoms with Gasteiger partial charge in [0.2, 0.25) is 0 Å². The molecule has 3 aliphatic carbocycles. The summed E-state index contributed by atoms with van der Waals surface area (Å²) >= 11 is 0. The van der Waals surface area contributed by atoms with Crippen LogP contribution in [0.4, 0.5) is 0 Å². The third-order valence-electron chi connectivity index (χ3n) is 7.72. The van der Waals surface area contributed by atoms with Gasteiger partial charge >= 0.3 is 0 Å². The molecular formula is C22H34O. The highest BCUT2D eigenvalue weighted by Crippen LogP contribution is 2.79. The van der Waals surface area contributed by atoms with E-state index in [9.17, 15) is 4.79 Å². The Morgan fingerprint density at radius 2 is 2.00 bits per heavy atom. The van der Waals surface area contributed by atoms with E-state index >= 15 is 0 Å². The molecule has 1 spiro atoms. The second-order valence-corrected chi connectivity index (χ2v) is 9.76. The van der Waals surface area contributed by atoms with Gasteiger partial charge in [0.1, 0.15) is 0 Å². The van der Waals surface area contributed by atoms with Crippen LogP contribution in [0.2, 0.25) is 0 Å². The number of unbranched alkanes of at least 4 members (excludes halogenated alkanes) is 1. The van der Waals surface area contributed by atoms with E-state index < -0.39 is 0 Å². The summed E-state index contributed by atoms with van der Waals surface area (Å²) in [4.78, 5) is 11.0. The Hall–Kier alpha value is -0.850. The zero-order valence-corrected chi connectivity index (χ0v) is 15.7. The predicted octanol–water partition coefficient (Wildman–Crippen LogP) is 6.10. The summed E-state index contributed by atoms with van der Waals surface area (Å²) in [5.41, 5.74) is 1.78. The molecule has 0 radical (unpaired) electrons. The number of ketones is 1. The molecule has 0 aliphatic heterocycles. The van der Waals surface area contributed by atoms with E-state index in [0.717, 1.165) is 12.3 Å². The number of carbonyl (C=O) groups excluding carboxylic acids is 1. The monoisotopic (exact) mass is 314 g/mol. The van der Waals surface area contributed by atoms with Crippen LogP contribution >= 0.6 is 0 Å². The third kappa shape index (κ3) is 2.29. The molecule has 1 heteroatoms. The first kappa shape index (κ1) is 17.0. The summed E-state index contributed by atoms with van der Waals surface area (Å²) < 4.78 is 0. The highest BCUT2D eigenvalue weighted by Gasteiger charge is 2.72. The van der Waals surface area contributed by atoms with Gasteiger partial charge in [-0.2, -0.15) is 0 Å². The van der Waals surface area contributed by atoms with Gasteiger partial charge in [0.05, 0.1) is 0 Å². The van der Waals surface area contributed by atoms with Gasteiger partial charge in [-0.15, -0.1) is 0 Å². The van der Waals surface area contributed by atoms with Gasteiger partial charge < -0.3 is 0 Å². The van der Waals surface area contributed by atoms with E-state index in [4.69, 9.17) is 0 Å². The molecule has 0 aromatic carbocycles. The van der Waals surface area contributed by atoms with Crippen molar-refractivity contribution in [3.8, 4) is 0 Å². The molecular weight excluding hydrogens is 280 g/mol. The van der Waals surface area contributed by atoms with Crippen LogP contribution < -0.4 is 0 Å². The van der Waals surface area contributed by atoms with Crippen LogP contribution in [0.25, 0.3) is 0 Å². The summed E-state index contributed by atoms with van der Waals surface area (Å²) in [6.45, 7) is 11.8. The maximum absolute atomic E-state index is 11.0. The largest absolute Gasteiger partial charge is 0.295 e. The number of hydrogen-bond donors (Lipinski definition) is 0. The molecule has 128 valence electrons. The van der Waals surface area contributed by atoms with Crippen LogP contribution in [-0.2, 0) is 4.79 Å².